The van der Waals surface area contributed by atoms with Crippen LogP contribution >= 0.6 is 31.9 Å². The second-order valence-electron chi connectivity index (χ2n) is 3.00. The topological polar surface area (TPSA) is 17.1 Å². The van der Waals surface area contributed by atoms with Gasteiger partial charge in [0.05, 0.1) is 4.83 Å². The van der Waals surface area contributed by atoms with E-state index in [1.807, 2.05) is 25.1 Å². The van der Waals surface area contributed by atoms with Crippen molar-refractivity contribution in [1.29, 1.82) is 0 Å². The van der Waals surface area contributed by atoms with Crippen molar-refractivity contribution in [2.24, 2.45) is 0 Å². The fourth-order valence-electron chi connectivity index (χ4n) is 1.06. The Morgan fingerprint density at radius 1 is 1.46 bits per heavy atom. The molecule has 13 heavy (non-hydrogen) atoms. The summed E-state index contributed by atoms with van der Waals surface area (Å²) in [7, 11) is 0. The van der Waals surface area contributed by atoms with Gasteiger partial charge < -0.3 is 0 Å². The molecule has 1 aromatic carbocycles. The van der Waals surface area contributed by atoms with Crippen LogP contribution < -0.4 is 0 Å². The summed E-state index contributed by atoms with van der Waals surface area (Å²) >= 11 is 6.78. The molecule has 1 unspecified atom stereocenters. The number of Topliss-reactive ketones (excluding diaryl/α,β-unsaturated/α-hetero) is 1. The summed E-state index contributed by atoms with van der Waals surface area (Å²) in [4.78, 5) is 10.9. The Balaban J connectivity index is 3.08. The Labute approximate surface area is 94.8 Å². The lowest BCUT2D eigenvalue weighted by atomic mass is 10.1. The van der Waals surface area contributed by atoms with Crippen LogP contribution in [-0.2, 0) is 4.79 Å². The van der Waals surface area contributed by atoms with Gasteiger partial charge in [-0.3, -0.25) is 4.79 Å². The number of carbonyl (C=O) groups is 1. The van der Waals surface area contributed by atoms with Crippen LogP contribution in [-0.4, -0.2) is 5.78 Å². The maximum atomic E-state index is 11.1. The molecule has 0 heterocycles. The van der Waals surface area contributed by atoms with Crippen LogP contribution in [0.5, 0.6) is 0 Å². The molecule has 3 heteroatoms. The largest absolute Gasteiger partial charge is 0.298 e. The SMILES string of the molecule is CC(=O)C(Br)c1ccc(C)cc1Br. The van der Waals surface area contributed by atoms with Gasteiger partial charge in [-0.25, -0.2) is 0 Å². The van der Waals surface area contributed by atoms with Crippen LogP contribution in [0, 0.1) is 6.92 Å². The van der Waals surface area contributed by atoms with E-state index in [0.29, 0.717) is 0 Å². The molecule has 0 N–H and O–H groups in total. The Bertz CT molecular complexity index is 334. The highest BCUT2D eigenvalue weighted by atomic mass is 79.9. The number of rotatable bonds is 2. The first-order valence-electron chi connectivity index (χ1n) is 3.93. The molecule has 0 spiro atoms. The maximum absolute atomic E-state index is 11.1. The second-order valence-corrected chi connectivity index (χ2v) is 4.77. The standard InChI is InChI=1S/C10H10Br2O/c1-6-3-4-8(9(11)5-6)10(12)7(2)13/h3-5,10H,1-2H3. The number of ketones is 1. The average molecular weight is 306 g/mol. The van der Waals surface area contributed by atoms with Gasteiger partial charge in [0.15, 0.2) is 0 Å². The van der Waals surface area contributed by atoms with E-state index in [1.165, 1.54) is 5.56 Å². The average Bonchev–Trinajstić information content (AvgIpc) is 2.03. The number of halogens is 2. The summed E-state index contributed by atoms with van der Waals surface area (Å²) in [5.41, 5.74) is 2.16. The van der Waals surface area contributed by atoms with Gasteiger partial charge in [-0.1, -0.05) is 44.0 Å². The van der Waals surface area contributed by atoms with Gasteiger partial charge in [0.1, 0.15) is 5.78 Å². The van der Waals surface area contributed by atoms with Crippen molar-refractivity contribution in [2.45, 2.75) is 18.7 Å². The van der Waals surface area contributed by atoms with E-state index in [1.54, 1.807) is 6.92 Å². The maximum Gasteiger partial charge on any atom is 0.147 e. The van der Waals surface area contributed by atoms with Gasteiger partial charge >= 0.3 is 0 Å². The van der Waals surface area contributed by atoms with E-state index in [-0.39, 0.29) is 10.6 Å². The van der Waals surface area contributed by atoms with Gasteiger partial charge in [-0.15, -0.1) is 0 Å². The number of aryl methyl sites for hydroxylation is 1. The molecular weight excluding hydrogens is 296 g/mol. The molecule has 0 radical (unpaired) electrons. The van der Waals surface area contributed by atoms with Crippen molar-refractivity contribution in [2.75, 3.05) is 0 Å². The molecule has 0 aliphatic heterocycles. The van der Waals surface area contributed by atoms with E-state index in [0.717, 1.165) is 10.0 Å². The lowest BCUT2D eigenvalue weighted by Gasteiger charge is -2.09. The third-order valence-electron chi connectivity index (χ3n) is 1.79. The van der Waals surface area contributed by atoms with Crippen LogP contribution in [0.3, 0.4) is 0 Å². The molecule has 0 saturated carbocycles. The number of benzene rings is 1. The quantitative estimate of drug-likeness (QED) is 0.760. The zero-order valence-electron chi connectivity index (χ0n) is 7.47. The normalized spacial score (nSPS) is 12.6. The number of hydrogen-bond acceptors (Lipinski definition) is 1. The predicted octanol–water partition coefficient (Wildman–Crippen LogP) is 3.78. The lowest BCUT2D eigenvalue weighted by Crippen LogP contribution is -2.01. The summed E-state index contributed by atoms with van der Waals surface area (Å²) in [6, 6.07) is 5.96. The third kappa shape index (κ3) is 2.64. The Hall–Kier alpha value is -0.150. The van der Waals surface area contributed by atoms with E-state index < -0.39 is 0 Å². The van der Waals surface area contributed by atoms with Crippen LogP contribution in [0.1, 0.15) is 22.9 Å². The van der Waals surface area contributed by atoms with Crippen molar-refractivity contribution in [3.63, 3.8) is 0 Å². The highest BCUT2D eigenvalue weighted by Gasteiger charge is 2.14. The van der Waals surface area contributed by atoms with Crippen LogP contribution in [0.15, 0.2) is 22.7 Å². The first-order chi connectivity index (χ1) is 6.02. The molecule has 70 valence electrons. The molecule has 0 fully saturated rings. The van der Waals surface area contributed by atoms with Crippen molar-refractivity contribution in [3.05, 3.63) is 33.8 Å². The van der Waals surface area contributed by atoms with Gasteiger partial charge in [0.25, 0.3) is 0 Å². The molecular formula is C10H10Br2O. The molecule has 1 nitrogen and oxygen atoms in total. The highest BCUT2D eigenvalue weighted by molar-refractivity contribution is 9.11. The van der Waals surface area contributed by atoms with Gasteiger partial charge in [0, 0.05) is 4.47 Å². The molecule has 0 aromatic heterocycles. The predicted molar refractivity (Wildman–Crippen MR) is 61.2 cm³/mol. The number of alkyl halides is 1. The summed E-state index contributed by atoms with van der Waals surface area (Å²) in [6.07, 6.45) is 0. The molecule has 0 aliphatic rings. The summed E-state index contributed by atoms with van der Waals surface area (Å²) in [5.74, 6) is 0.115. The van der Waals surface area contributed by atoms with E-state index in [4.69, 9.17) is 0 Å². The van der Waals surface area contributed by atoms with Crippen molar-refractivity contribution in [1.82, 2.24) is 0 Å². The van der Waals surface area contributed by atoms with Gasteiger partial charge in [-0.05, 0) is 31.0 Å². The minimum atomic E-state index is -0.206. The fourth-order valence-corrected chi connectivity index (χ4v) is 2.49. The second kappa shape index (κ2) is 4.38. The lowest BCUT2D eigenvalue weighted by molar-refractivity contribution is -0.116. The molecule has 0 aliphatic carbocycles. The van der Waals surface area contributed by atoms with Gasteiger partial charge in [0.2, 0.25) is 0 Å². The summed E-state index contributed by atoms with van der Waals surface area (Å²) in [5, 5.41) is 0. The van der Waals surface area contributed by atoms with Crippen molar-refractivity contribution < 1.29 is 4.79 Å². The molecule has 0 saturated heterocycles. The Kier molecular flexibility index (Phi) is 3.68. The monoisotopic (exact) mass is 304 g/mol. The summed E-state index contributed by atoms with van der Waals surface area (Å²) < 4.78 is 0.976. The smallest absolute Gasteiger partial charge is 0.147 e. The highest BCUT2D eigenvalue weighted by Crippen LogP contribution is 2.30. The molecule has 1 atom stereocenters. The first-order valence-corrected chi connectivity index (χ1v) is 5.64. The number of carbonyl (C=O) groups excluding carboxylic acids is 1. The van der Waals surface area contributed by atoms with E-state index in [2.05, 4.69) is 31.9 Å². The van der Waals surface area contributed by atoms with Crippen molar-refractivity contribution in [3.8, 4) is 0 Å². The summed E-state index contributed by atoms with van der Waals surface area (Å²) in [6.45, 7) is 3.59. The van der Waals surface area contributed by atoms with Crippen LogP contribution in [0.25, 0.3) is 0 Å². The fraction of sp³-hybridized carbons (Fsp3) is 0.300. The van der Waals surface area contributed by atoms with Crippen LogP contribution in [0.4, 0.5) is 0 Å². The minimum Gasteiger partial charge on any atom is -0.298 e. The molecule has 1 rings (SSSR count). The molecule has 0 amide bonds. The molecule has 1 aromatic rings. The minimum absolute atomic E-state index is 0.115. The van der Waals surface area contributed by atoms with E-state index >= 15 is 0 Å². The zero-order valence-corrected chi connectivity index (χ0v) is 10.6. The zero-order chi connectivity index (χ0) is 10.0. The Morgan fingerprint density at radius 3 is 2.54 bits per heavy atom. The van der Waals surface area contributed by atoms with E-state index in [9.17, 15) is 4.79 Å². The Morgan fingerprint density at radius 2 is 2.08 bits per heavy atom. The number of hydrogen-bond donors (Lipinski definition) is 0. The van der Waals surface area contributed by atoms with Gasteiger partial charge in [-0.2, -0.15) is 0 Å². The van der Waals surface area contributed by atoms with Crippen LogP contribution in [0.2, 0.25) is 0 Å². The van der Waals surface area contributed by atoms with Crippen molar-refractivity contribution >= 4 is 37.6 Å². The third-order valence-corrected chi connectivity index (χ3v) is 3.61. The molecule has 0 bridgehead atoms. The first kappa shape index (κ1) is 10.9.